The summed E-state index contributed by atoms with van der Waals surface area (Å²) >= 11 is 0. The first-order valence-corrected chi connectivity index (χ1v) is 3.44. The lowest BCUT2D eigenvalue weighted by Crippen LogP contribution is -1.84. The van der Waals surface area contributed by atoms with Crippen LogP contribution in [0.5, 0.6) is 5.75 Å². The fourth-order valence-electron chi connectivity index (χ4n) is 1.07. The van der Waals surface area contributed by atoms with E-state index in [1.54, 1.807) is 24.3 Å². The molecule has 0 amide bonds. The highest BCUT2D eigenvalue weighted by atomic mass is 19.1. The zero-order valence-electron chi connectivity index (χ0n) is 6.08. The minimum Gasteiger partial charge on any atom is -0.506 e. The minimum atomic E-state index is -0.786. The Morgan fingerprint density at radius 3 is 2.92 bits per heavy atom. The number of fused-ring (bicyclic) bond motifs is 1. The summed E-state index contributed by atoms with van der Waals surface area (Å²) in [6.07, 6.45) is 0. The molecule has 0 aliphatic carbocycles. The molecule has 0 saturated heterocycles. The lowest BCUT2D eigenvalue weighted by Gasteiger charge is -1.97. The second-order valence-corrected chi connectivity index (χ2v) is 2.39. The highest BCUT2D eigenvalue weighted by Crippen LogP contribution is 2.21. The second-order valence-electron chi connectivity index (χ2n) is 2.39. The molecule has 59 valence electrons. The molecule has 0 bridgehead atoms. The van der Waals surface area contributed by atoms with Crippen LogP contribution in [0.2, 0.25) is 0 Å². The van der Waals surface area contributed by atoms with Crippen LogP contribution < -0.4 is 0 Å². The maximum atomic E-state index is 12.6. The second kappa shape index (κ2) is 2.44. The fourth-order valence-corrected chi connectivity index (χ4v) is 1.07. The summed E-state index contributed by atoms with van der Waals surface area (Å²) in [7, 11) is 0. The van der Waals surface area contributed by atoms with Crippen LogP contribution in [-0.4, -0.2) is 10.1 Å². The predicted molar refractivity (Wildman–Crippen MR) is 42.2 cm³/mol. The van der Waals surface area contributed by atoms with Gasteiger partial charge in [-0.05, 0) is 12.1 Å². The molecule has 1 aromatic carbocycles. The third kappa shape index (κ3) is 0.993. The van der Waals surface area contributed by atoms with E-state index in [1.807, 2.05) is 0 Å². The molecule has 2 nitrogen and oxygen atoms in total. The fraction of sp³-hybridized carbons (Fsp3) is 0. The van der Waals surface area contributed by atoms with Crippen molar-refractivity contribution in [3.05, 3.63) is 36.3 Å². The third-order valence-corrected chi connectivity index (χ3v) is 1.60. The van der Waals surface area contributed by atoms with Gasteiger partial charge in [-0.2, -0.15) is 4.39 Å². The van der Waals surface area contributed by atoms with E-state index in [9.17, 15) is 9.50 Å². The molecular formula is C9H5FNO. The van der Waals surface area contributed by atoms with Gasteiger partial charge < -0.3 is 5.11 Å². The quantitative estimate of drug-likeness (QED) is 0.600. The largest absolute Gasteiger partial charge is 0.506 e. The van der Waals surface area contributed by atoms with Gasteiger partial charge in [0, 0.05) is 5.39 Å². The van der Waals surface area contributed by atoms with Crippen molar-refractivity contribution in [1.82, 2.24) is 4.98 Å². The summed E-state index contributed by atoms with van der Waals surface area (Å²) in [6.45, 7) is 0. The Bertz CT molecular complexity index is 428. The molecule has 0 fully saturated rings. The lowest BCUT2D eigenvalue weighted by molar-refractivity contribution is 0.470. The lowest BCUT2D eigenvalue weighted by atomic mass is 10.2. The molecule has 12 heavy (non-hydrogen) atoms. The van der Waals surface area contributed by atoms with Crippen molar-refractivity contribution in [2.24, 2.45) is 0 Å². The van der Waals surface area contributed by atoms with Gasteiger partial charge in [0.1, 0.15) is 5.75 Å². The van der Waals surface area contributed by atoms with Crippen LogP contribution in [0.25, 0.3) is 10.9 Å². The zero-order chi connectivity index (χ0) is 8.55. The molecule has 0 spiro atoms. The van der Waals surface area contributed by atoms with Crippen LogP contribution in [-0.2, 0) is 0 Å². The van der Waals surface area contributed by atoms with E-state index >= 15 is 0 Å². The number of hydrogen-bond donors (Lipinski definition) is 1. The Hall–Kier alpha value is -1.64. The van der Waals surface area contributed by atoms with Crippen molar-refractivity contribution in [1.29, 1.82) is 0 Å². The van der Waals surface area contributed by atoms with Gasteiger partial charge in [-0.15, -0.1) is 0 Å². The van der Waals surface area contributed by atoms with E-state index in [4.69, 9.17) is 0 Å². The van der Waals surface area contributed by atoms with E-state index < -0.39 is 5.95 Å². The monoisotopic (exact) mass is 162 g/mol. The summed E-state index contributed by atoms with van der Waals surface area (Å²) in [5, 5.41) is 9.73. The first kappa shape index (κ1) is 7.03. The van der Waals surface area contributed by atoms with Gasteiger partial charge in [0.05, 0.1) is 11.6 Å². The maximum absolute atomic E-state index is 12.6. The van der Waals surface area contributed by atoms with Crippen LogP contribution in [0.1, 0.15) is 0 Å². The number of pyridine rings is 1. The molecule has 2 rings (SSSR count). The van der Waals surface area contributed by atoms with E-state index in [2.05, 4.69) is 11.1 Å². The van der Waals surface area contributed by atoms with Crippen LogP contribution in [0.4, 0.5) is 4.39 Å². The first-order valence-electron chi connectivity index (χ1n) is 3.44. The highest BCUT2D eigenvalue weighted by Gasteiger charge is 2.02. The van der Waals surface area contributed by atoms with Gasteiger partial charge in [-0.25, -0.2) is 4.98 Å². The first-order chi connectivity index (χ1) is 5.77. The zero-order valence-corrected chi connectivity index (χ0v) is 6.08. The predicted octanol–water partition coefficient (Wildman–Crippen LogP) is 1.88. The molecule has 2 aromatic rings. The molecule has 0 unspecified atom stereocenters. The number of aromatic nitrogens is 1. The smallest absolute Gasteiger partial charge is 0.225 e. The summed E-state index contributed by atoms with van der Waals surface area (Å²) in [6, 6.07) is 8.86. The van der Waals surface area contributed by atoms with Crippen LogP contribution in [0, 0.1) is 12.0 Å². The van der Waals surface area contributed by atoms with Gasteiger partial charge in [-0.1, -0.05) is 12.1 Å². The van der Waals surface area contributed by atoms with Crippen molar-refractivity contribution in [2.75, 3.05) is 0 Å². The van der Waals surface area contributed by atoms with Crippen LogP contribution >= 0.6 is 0 Å². The van der Waals surface area contributed by atoms with Crippen molar-refractivity contribution >= 4 is 10.9 Å². The topological polar surface area (TPSA) is 33.1 Å². The van der Waals surface area contributed by atoms with Gasteiger partial charge in [0.25, 0.3) is 0 Å². The Morgan fingerprint density at radius 2 is 2.08 bits per heavy atom. The number of benzene rings is 1. The van der Waals surface area contributed by atoms with Crippen molar-refractivity contribution in [3.63, 3.8) is 0 Å². The van der Waals surface area contributed by atoms with E-state index in [0.717, 1.165) is 0 Å². The number of hydrogen-bond acceptors (Lipinski definition) is 2. The number of nitrogens with zero attached hydrogens (tertiary/aromatic N) is 1. The van der Waals surface area contributed by atoms with Gasteiger partial charge in [-0.3, -0.25) is 0 Å². The van der Waals surface area contributed by atoms with Crippen molar-refractivity contribution in [2.45, 2.75) is 0 Å². The normalized spacial score (nSPS) is 10.4. The molecule has 0 atom stereocenters. The molecule has 1 N–H and O–H groups in total. The van der Waals surface area contributed by atoms with E-state index in [0.29, 0.717) is 10.9 Å². The van der Waals surface area contributed by atoms with Crippen LogP contribution in [0.15, 0.2) is 24.3 Å². The number of halogens is 1. The summed E-state index contributed by atoms with van der Waals surface area (Å²) < 4.78 is 12.6. The SMILES string of the molecule is Oc1[c]c(F)nc2ccccc12. The van der Waals surface area contributed by atoms with E-state index in [-0.39, 0.29) is 5.75 Å². The van der Waals surface area contributed by atoms with Crippen LogP contribution in [0.3, 0.4) is 0 Å². The Balaban J connectivity index is 2.89. The van der Waals surface area contributed by atoms with Gasteiger partial charge in [0.15, 0.2) is 0 Å². The minimum absolute atomic E-state index is 0.196. The summed E-state index contributed by atoms with van der Waals surface area (Å²) in [4.78, 5) is 3.55. The van der Waals surface area contributed by atoms with Gasteiger partial charge in [0.2, 0.25) is 5.95 Å². The van der Waals surface area contributed by atoms with Crippen molar-refractivity contribution < 1.29 is 9.50 Å². The maximum Gasteiger partial charge on any atom is 0.225 e. The van der Waals surface area contributed by atoms with Crippen molar-refractivity contribution in [3.8, 4) is 5.75 Å². The number of para-hydroxylation sites is 1. The summed E-state index contributed by atoms with van der Waals surface area (Å²) in [5.74, 6) is -0.982. The molecule has 1 aromatic heterocycles. The molecule has 1 radical (unpaired) electrons. The molecule has 3 heteroatoms. The average Bonchev–Trinajstić information content (AvgIpc) is 2.04. The molecular weight excluding hydrogens is 157 g/mol. The average molecular weight is 162 g/mol. The molecule has 0 saturated carbocycles. The number of aromatic hydroxyl groups is 1. The number of rotatable bonds is 0. The third-order valence-electron chi connectivity index (χ3n) is 1.60. The Labute approximate surface area is 68.3 Å². The summed E-state index contributed by atoms with van der Waals surface area (Å²) in [5.41, 5.74) is 0.436. The van der Waals surface area contributed by atoms with Gasteiger partial charge >= 0.3 is 0 Å². The molecule has 0 aliphatic heterocycles. The Morgan fingerprint density at radius 1 is 1.33 bits per heavy atom. The standard InChI is InChI=1S/C9H5FNO/c10-9-5-8(12)6-3-1-2-4-7(6)11-9/h1-4H,(H,11,12). The highest BCUT2D eigenvalue weighted by molar-refractivity contribution is 5.83. The molecule has 0 aliphatic rings. The molecule has 1 heterocycles. The van der Waals surface area contributed by atoms with E-state index in [1.165, 1.54) is 0 Å². The Kier molecular flexibility index (Phi) is 1.43.